The zero-order valence-electron chi connectivity index (χ0n) is 14.5. The number of carbonyl (C=O) groups is 1. The number of hydrogen-bond acceptors (Lipinski definition) is 3. The van der Waals surface area contributed by atoms with Gasteiger partial charge >= 0.3 is 5.69 Å². The van der Waals surface area contributed by atoms with Gasteiger partial charge in [-0.05, 0) is 30.5 Å². The Bertz CT molecular complexity index is 968. The Morgan fingerprint density at radius 1 is 1.04 bits per heavy atom. The summed E-state index contributed by atoms with van der Waals surface area (Å²) in [6.45, 7) is 1.21. The maximum absolute atomic E-state index is 12.7. The molecule has 0 saturated carbocycles. The Balaban J connectivity index is 1.48. The lowest BCUT2D eigenvalue weighted by Gasteiger charge is -2.34. The minimum atomic E-state index is -0.636. The lowest BCUT2D eigenvalue weighted by atomic mass is 10.0. The van der Waals surface area contributed by atoms with Gasteiger partial charge < -0.3 is 15.6 Å². The number of aromatic nitrogens is 2. The van der Waals surface area contributed by atoms with Crippen molar-refractivity contribution in [2.45, 2.75) is 24.9 Å². The van der Waals surface area contributed by atoms with Crippen LogP contribution in [0.3, 0.4) is 0 Å². The Morgan fingerprint density at radius 3 is 2.42 bits per heavy atom. The molecule has 1 saturated heterocycles. The van der Waals surface area contributed by atoms with Gasteiger partial charge in [0.15, 0.2) is 0 Å². The third-order valence-electron chi connectivity index (χ3n) is 5.19. The van der Waals surface area contributed by atoms with E-state index in [1.165, 1.54) is 0 Å². The third kappa shape index (κ3) is 2.93. The van der Waals surface area contributed by atoms with Crippen LogP contribution in [0, 0.1) is 0 Å². The summed E-state index contributed by atoms with van der Waals surface area (Å²) in [5.41, 5.74) is 8.65. The Hall–Kier alpha value is -2.86. The van der Waals surface area contributed by atoms with Crippen LogP contribution < -0.4 is 11.4 Å². The molecule has 134 valence electrons. The zero-order chi connectivity index (χ0) is 18.1. The van der Waals surface area contributed by atoms with Crippen molar-refractivity contribution in [3.8, 4) is 0 Å². The molecule has 6 nitrogen and oxygen atoms in total. The van der Waals surface area contributed by atoms with Crippen molar-refractivity contribution in [3.63, 3.8) is 0 Å². The number of nitrogens with zero attached hydrogens (tertiary/aromatic N) is 2. The first-order chi connectivity index (χ1) is 12.6. The lowest BCUT2D eigenvalue weighted by molar-refractivity contribution is -0.134. The predicted molar refractivity (Wildman–Crippen MR) is 101 cm³/mol. The summed E-state index contributed by atoms with van der Waals surface area (Å²) in [4.78, 5) is 29.8. The zero-order valence-corrected chi connectivity index (χ0v) is 14.5. The van der Waals surface area contributed by atoms with Crippen LogP contribution in [-0.2, 0) is 4.79 Å². The van der Waals surface area contributed by atoms with Crippen molar-refractivity contribution < 1.29 is 4.79 Å². The molecule has 3 N–H and O–H groups in total. The molecular formula is C20H22N4O2. The second kappa shape index (κ2) is 6.80. The smallest absolute Gasteiger partial charge is 0.326 e. The van der Waals surface area contributed by atoms with Gasteiger partial charge in [-0.1, -0.05) is 42.5 Å². The number of likely N-dealkylation sites (tertiary alicyclic amines) is 1. The van der Waals surface area contributed by atoms with Crippen LogP contribution in [0.4, 0.5) is 0 Å². The molecule has 26 heavy (non-hydrogen) atoms. The number of rotatable bonds is 3. The molecule has 6 heteroatoms. The fraction of sp³-hybridized carbons (Fsp3) is 0.300. The molecule has 0 aliphatic carbocycles. The monoisotopic (exact) mass is 350 g/mol. The van der Waals surface area contributed by atoms with Gasteiger partial charge in [0.1, 0.15) is 6.04 Å². The van der Waals surface area contributed by atoms with E-state index in [2.05, 4.69) is 4.98 Å². The molecule has 1 amide bonds. The number of piperidine rings is 1. The van der Waals surface area contributed by atoms with Gasteiger partial charge in [-0.2, -0.15) is 0 Å². The maximum atomic E-state index is 12.7. The summed E-state index contributed by atoms with van der Waals surface area (Å²) >= 11 is 0. The summed E-state index contributed by atoms with van der Waals surface area (Å²) in [5.74, 6) is -0.0547. The van der Waals surface area contributed by atoms with E-state index in [4.69, 9.17) is 5.73 Å². The summed E-state index contributed by atoms with van der Waals surface area (Å²) in [6.07, 6.45) is 1.49. The highest BCUT2D eigenvalue weighted by molar-refractivity contribution is 5.83. The molecule has 1 atom stereocenters. The number of benzene rings is 2. The van der Waals surface area contributed by atoms with Crippen LogP contribution in [-0.4, -0.2) is 33.4 Å². The van der Waals surface area contributed by atoms with E-state index in [9.17, 15) is 9.59 Å². The fourth-order valence-corrected chi connectivity index (χ4v) is 3.78. The summed E-state index contributed by atoms with van der Waals surface area (Å²) in [6, 6.07) is 16.6. The van der Waals surface area contributed by atoms with Crippen LogP contribution in [0.1, 0.15) is 30.5 Å². The van der Waals surface area contributed by atoms with Crippen LogP contribution in [0.15, 0.2) is 59.4 Å². The lowest BCUT2D eigenvalue weighted by Crippen LogP contribution is -2.44. The van der Waals surface area contributed by atoms with Crippen molar-refractivity contribution in [1.82, 2.24) is 14.5 Å². The van der Waals surface area contributed by atoms with Gasteiger partial charge in [0.25, 0.3) is 0 Å². The Labute approximate surface area is 151 Å². The van der Waals surface area contributed by atoms with Gasteiger partial charge in [-0.25, -0.2) is 4.79 Å². The average molecular weight is 350 g/mol. The molecule has 1 fully saturated rings. The van der Waals surface area contributed by atoms with Gasteiger partial charge in [-0.3, -0.25) is 9.36 Å². The van der Waals surface area contributed by atoms with E-state index in [0.29, 0.717) is 13.1 Å². The van der Waals surface area contributed by atoms with E-state index in [1.807, 2.05) is 64.1 Å². The van der Waals surface area contributed by atoms with Crippen LogP contribution in [0.25, 0.3) is 11.0 Å². The number of fused-ring (bicyclic) bond motifs is 1. The van der Waals surface area contributed by atoms with Gasteiger partial charge in [-0.15, -0.1) is 0 Å². The van der Waals surface area contributed by atoms with Gasteiger partial charge in [0, 0.05) is 19.1 Å². The van der Waals surface area contributed by atoms with E-state index >= 15 is 0 Å². The van der Waals surface area contributed by atoms with Crippen LogP contribution >= 0.6 is 0 Å². The molecule has 0 bridgehead atoms. The molecule has 0 radical (unpaired) electrons. The van der Waals surface area contributed by atoms with E-state index in [-0.39, 0.29) is 17.6 Å². The third-order valence-corrected chi connectivity index (χ3v) is 5.19. The number of hydrogen-bond donors (Lipinski definition) is 2. The minimum absolute atomic E-state index is 0.0547. The molecule has 4 rings (SSSR count). The topological polar surface area (TPSA) is 84.1 Å². The molecule has 1 unspecified atom stereocenters. The number of para-hydroxylation sites is 2. The van der Waals surface area contributed by atoms with Crippen molar-refractivity contribution in [2.24, 2.45) is 5.73 Å². The summed E-state index contributed by atoms with van der Waals surface area (Å²) in [5, 5.41) is 0. The normalized spacial score (nSPS) is 16.7. The van der Waals surface area contributed by atoms with Crippen molar-refractivity contribution in [1.29, 1.82) is 0 Å². The molecule has 1 aliphatic rings. The average Bonchev–Trinajstić information content (AvgIpc) is 3.03. The number of nitrogens with one attached hydrogen (secondary N) is 1. The van der Waals surface area contributed by atoms with E-state index < -0.39 is 6.04 Å². The van der Waals surface area contributed by atoms with E-state index in [1.54, 1.807) is 0 Å². The van der Waals surface area contributed by atoms with Gasteiger partial charge in [0.2, 0.25) is 5.91 Å². The molecule has 1 aliphatic heterocycles. The second-order valence-electron chi connectivity index (χ2n) is 6.76. The SMILES string of the molecule is NC(C(=O)N1CCC(n2c(=O)[nH]c3ccccc32)CC1)c1ccccc1. The summed E-state index contributed by atoms with van der Waals surface area (Å²) < 4.78 is 1.83. The molecular weight excluding hydrogens is 328 g/mol. The molecule has 0 spiro atoms. The highest BCUT2D eigenvalue weighted by Gasteiger charge is 2.29. The molecule has 2 aromatic carbocycles. The highest BCUT2D eigenvalue weighted by atomic mass is 16.2. The standard InChI is InChI=1S/C20H22N4O2/c21-18(14-6-2-1-3-7-14)19(25)23-12-10-15(11-13-23)24-17-9-5-4-8-16(17)22-20(24)26/h1-9,15,18H,10-13,21H2,(H,22,26). The number of imidazole rings is 1. The first kappa shape index (κ1) is 16.6. The number of aromatic amines is 1. The van der Waals surface area contributed by atoms with Crippen LogP contribution in [0.2, 0.25) is 0 Å². The number of H-pyrrole nitrogens is 1. The number of nitrogens with two attached hydrogens (primary N) is 1. The molecule has 2 heterocycles. The Kier molecular flexibility index (Phi) is 4.34. The Morgan fingerprint density at radius 2 is 1.69 bits per heavy atom. The molecule has 3 aromatic rings. The highest BCUT2D eigenvalue weighted by Crippen LogP contribution is 2.26. The number of amides is 1. The van der Waals surface area contributed by atoms with Crippen molar-refractivity contribution in [2.75, 3.05) is 13.1 Å². The van der Waals surface area contributed by atoms with Gasteiger partial charge in [0.05, 0.1) is 11.0 Å². The predicted octanol–water partition coefficient (Wildman–Crippen LogP) is 2.19. The quantitative estimate of drug-likeness (QED) is 0.759. The largest absolute Gasteiger partial charge is 0.341 e. The first-order valence-corrected chi connectivity index (χ1v) is 8.93. The maximum Gasteiger partial charge on any atom is 0.326 e. The van der Waals surface area contributed by atoms with E-state index in [0.717, 1.165) is 29.4 Å². The first-order valence-electron chi connectivity index (χ1n) is 8.93. The van der Waals surface area contributed by atoms with Crippen molar-refractivity contribution in [3.05, 3.63) is 70.6 Å². The van der Waals surface area contributed by atoms with Crippen LogP contribution in [0.5, 0.6) is 0 Å². The summed E-state index contributed by atoms with van der Waals surface area (Å²) in [7, 11) is 0. The minimum Gasteiger partial charge on any atom is -0.341 e. The number of carbonyl (C=O) groups excluding carboxylic acids is 1. The molecule has 1 aromatic heterocycles. The van der Waals surface area contributed by atoms with Crippen molar-refractivity contribution >= 4 is 16.9 Å². The second-order valence-corrected chi connectivity index (χ2v) is 6.76. The fourth-order valence-electron chi connectivity index (χ4n) is 3.78.